The number of aromatic nitrogens is 8. The van der Waals surface area contributed by atoms with E-state index in [9.17, 15) is 24.0 Å². The van der Waals surface area contributed by atoms with E-state index in [1.165, 1.54) is 34.8 Å². The lowest BCUT2D eigenvalue weighted by molar-refractivity contribution is -0.139. The van der Waals surface area contributed by atoms with Crippen molar-refractivity contribution in [1.29, 1.82) is 0 Å². The second kappa shape index (κ2) is 21.2. The molecule has 4 aromatic heterocycles. The van der Waals surface area contributed by atoms with Gasteiger partial charge < -0.3 is 61.6 Å². The van der Waals surface area contributed by atoms with Crippen molar-refractivity contribution >= 4 is 62.3 Å². The van der Waals surface area contributed by atoms with E-state index in [0.29, 0.717) is 27.8 Å². The summed E-state index contributed by atoms with van der Waals surface area (Å²) in [7, 11) is 9.92. The number of thioether (sulfide) groups is 1. The van der Waals surface area contributed by atoms with E-state index < -0.39 is 48.0 Å². The van der Waals surface area contributed by atoms with E-state index in [4.69, 9.17) is 43.4 Å². The predicted octanol–water partition coefficient (Wildman–Crippen LogP) is -0.751. The Hall–Kier alpha value is -4.72. The fraction of sp³-hybridized carbons (Fsp3) is 0.433. The Kier molecular flexibility index (Phi) is 17.9. The first kappa shape index (κ1) is 45.4. The van der Waals surface area contributed by atoms with Gasteiger partial charge in [0, 0.05) is 67.0 Å². The molecule has 0 radical (unpaired) electrons. The number of carboxylic acid groups (broad SMARTS) is 4. The molecule has 296 valence electrons. The van der Waals surface area contributed by atoms with Crippen molar-refractivity contribution in [3.63, 3.8) is 0 Å². The molecule has 24 heteroatoms. The average Bonchev–Trinajstić information content (AvgIpc) is 3.85. The maximum absolute atomic E-state index is 11.0. The Bertz CT molecular complexity index is 1840. The van der Waals surface area contributed by atoms with Crippen LogP contribution < -0.4 is 22.9 Å². The minimum atomic E-state index is -1.09. The van der Waals surface area contributed by atoms with Gasteiger partial charge in [-0.1, -0.05) is 0 Å². The summed E-state index contributed by atoms with van der Waals surface area (Å²) in [5.41, 5.74) is 24.3. The van der Waals surface area contributed by atoms with Crippen molar-refractivity contribution in [2.75, 3.05) is 0 Å². The average molecular weight is 813 g/mol. The molecule has 54 heavy (non-hydrogen) atoms. The lowest BCUT2D eigenvalue weighted by atomic mass is 10.2. The molecule has 0 aliphatic carbocycles. The van der Waals surface area contributed by atoms with E-state index in [1.54, 1.807) is 64.6 Å². The Morgan fingerprint density at radius 3 is 1.22 bits per heavy atom. The number of nitrogens with two attached hydrogens (primary N) is 4. The van der Waals surface area contributed by atoms with E-state index in [2.05, 4.69) is 19.9 Å². The third kappa shape index (κ3) is 14.3. The van der Waals surface area contributed by atoms with Crippen molar-refractivity contribution in [2.24, 2.45) is 51.1 Å². The van der Waals surface area contributed by atoms with Gasteiger partial charge in [0.2, 0.25) is 0 Å². The summed E-state index contributed by atoms with van der Waals surface area (Å²) in [6.07, 6.45) is 8.71. The van der Waals surface area contributed by atoms with Gasteiger partial charge in [-0.2, -0.15) is 0 Å². The van der Waals surface area contributed by atoms with Crippen molar-refractivity contribution in [3.8, 4) is 0 Å². The third-order valence-corrected chi connectivity index (χ3v) is 10.6. The summed E-state index contributed by atoms with van der Waals surface area (Å²) in [6, 6.07) is -3.92. The predicted molar refractivity (Wildman–Crippen MR) is 198 cm³/mol. The molecule has 0 saturated carbocycles. The molecule has 0 aromatic carbocycles. The largest absolute Gasteiger partial charge is 0.480 e. The number of imidazole rings is 4. The van der Waals surface area contributed by atoms with Crippen LogP contribution in [0.3, 0.4) is 0 Å². The Morgan fingerprint density at radius 1 is 0.574 bits per heavy atom. The van der Waals surface area contributed by atoms with Crippen LogP contribution in [0.2, 0.25) is 0 Å². The number of aryl methyl sites for hydroxylation is 4. The molecule has 0 unspecified atom stereocenters. The third-order valence-electron chi connectivity index (χ3n) is 7.00. The van der Waals surface area contributed by atoms with Crippen molar-refractivity contribution in [3.05, 3.63) is 54.3 Å². The molecule has 0 aliphatic rings. The second-order valence-corrected chi connectivity index (χ2v) is 15.0. The highest BCUT2D eigenvalue weighted by Gasteiger charge is 2.22. The first-order valence-corrected chi connectivity index (χ1v) is 18.6. The van der Waals surface area contributed by atoms with Gasteiger partial charge in [0.25, 0.3) is 0 Å². The van der Waals surface area contributed by atoms with Gasteiger partial charge in [-0.25, -0.2) is 19.9 Å². The molecule has 0 saturated heterocycles. The van der Waals surface area contributed by atoms with Crippen LogP contribution >= 0.6 is 33.3 Å². The maximum atomic E-state index is 11.0. The highest BCUT2D eigenvalue weighted by molar-refractivity contribution is 8.76. The van der Waals surface area contributed by atoms with E-state index >= 15 is 0 Å². The van der Waals surface area contributed by atoms with Crippen molar-refractivity contribution < 1.29 is 44.4 Å². The molecule has 4 aromatic rings. The normalized spacial score (nSPS) is 13.1. The first-order chi connectivity index (χ1) is 25.2. The maximum Gasteiger partial charge on any atom is 0.320 e. The van der Waals surface area contributed by atoms with Gasteiger partial charge in [-0.15, -0.1) is 0 Å². The summed E-state index contributed by atoms with van der Waals surface area (Å²) in [4.78, 5) is 70.3. The number of carboxylic acids is 4. The van der Waals surface area contributed by atoms with Crippen LogP contribution in [-0.2, 0) is 77.8 Å². The van der Waals surface area contributed by atoms with Gasteiger partial charge in [0.15, 0.2) is 5.12 Å². The fourth-order valence-electron chi connectivity index (χ4n) is 4.15. The van der Waals surface area contributed by atoms with Crippen molar-refractivity contribution in [2.45, 2.75) is 71.9 Å². The quantitative estimate of drug-likeness (QED) is 0.0509. The standard InChI is InChI=1S/C14H20N6O4S2.C9H13N3O3S.C7H11N3O2/c1-19-5-17-9(3-7(15)13(21)22)11(19)25-26-12-10(18-6-20(12)2)4-8(16)14(23)24;1-5(13)16-8-7(11-4-12(8)2)3-6(10)9(14)15;1-10-3-5(9-4-10)2-6(8)7(11)12/h5-8H,3-4,15-16H2,1-2H3,(H,21,22)(H,23,24);4,6H,3,10H2,1-2H3,(H,14,15);3-4,6H,2,8H2,1H3,(H,11,12)/t7-,8-;2*6-/m000/s1. The zero-order valence-corrected chi connectivity index (χ0v) is 32.4. The van der Waals surface area contributed by atoms with Crippen LogP contribution in [0.15, 0.2) is 46.6 Å². The van der Waals surface area contributed by atoms with Crippen LogP contribution in [0.25, 0.3) is 0 Å². The molecule has 0 spiro atoms. The zero-order chi connectivity index (χ0) is 40.9. The molecule has 21 nitrogen and oxygen atoms in total. The van der Waals surface area contributed by atoms with Crippen molar-refractivity contribution in [1.82, 2.24) is 38.2 Å². The van der Waals surface area contributed by atoms with Crippen LogP contribution in [0, 0.1) is 0 Å². The second-order valence-electron chi connectivity index (χ2n) is 11.7. The molecule has 0 aliphatic heterocycles. The Labute approximate surface area is 321 Å². The van der Waals surface area contributed by atoms with Crippen LogP contribution in [0.1, 0.15) is 29.7 Å². The summed E-state index contributed by atoms with van der Waals surface area (Å²) < 4.78 is 6.99. The van der Waals surface area contributed by atoms with E-state index in [1.807, 2.05) is 7.05 Å². The number of hydrogen-bond acceptors (Lipinski definition) is 16. The fourth-order valence-corrected chi connectivity index (χ4v) is 7.58. The summed E-state index contributed by atoms with van der Waals surface area (Å²) in [6.45, 7) is 1.44. The molecule has 0 amide bonds. The molecule has 0 fully saturated rings. The SMILES string of the molecule is CC(=O)Sc1c(C[C@H](N)C(=O)O)ncn1C.Cn1cnc(C[C@H](N)C(=O)O)c1.Cn1cnc(C[C@H](N)C(=O)O)c1SSc1c(C[C@H](N)C(=O)O)ncn1C. The Balaban J connectivity index is 0.000000306. The van der Waals surface area contributed by atoms with E-state index in [0.717, 1.165) is 21.8 Å². The topological polar surface area (TPSA) is 342 Å². The van der Waals surface area contributed by atoms with Crippen LogP contribution in [-0.4, -0.2) is 112 Å². The number of hydrogen-bond donors (Lipinski definition) is 8. The lowest BCUT2D eigenvalue weighted by Crippen LogP contribution is -2.32. The number of carbonyl (C=O) groups is 5. The smallest absolute Gasteiger partial charge is 0.320 e. The number of rotatable bonds is 16. The molecule has 4 heterocycles. The minimum Gasteiger partial charge on any atom is -0.480 e. The molecular formula is C30H44N12O9S3. The van der Waals surface area contributed by atoms with E-state index in [-0.39, 0.29) is 30.8 Å². The van der Waals surface area contributed by atoms with Gasteiger partial charge in [0.1, 0.15) is 39.2 Å². The first-order valence-electron chi connectivity index (χ1n) is 15.7. The highest BCUT2D eigenvalue weighted by atomic mass is 33.1. The molecular weight excluding hydrogens is 769 g/mol. The monoisotopic (exact) mass is 812 g/mol. The van der Waals surface area contributed by atoms with Gasteiger partial charge in [-0.05, 0) is 33.3 Å². The van der Waals surface area contributed by atoms with Crippen LogP contribution in [0.5, 0.6) is 0 Å². The van der Waals surface area contributed by atoms with Gasteiger partial charge in [0.05, 0.1) is 48.1 Å². The summed E-state index contributed by atoms with van der Waals surface area (Å²) in [5.74, 6) is -4.25. The number of carbonyl (C=O) groups excluding carboxylic acids is 1. The highest BCUT2D eigenvalue weighted by Crippen LogP contribution is 2.40. The number of aliphatic carboxylic acids is 4. The molecule has 12 N–H and O–H groups in total. The molecule has 4 rings (SSSR count). The van der Waals surface area contributed by atoms with Gasteiger partial charge in [-0.3, -0.25) is 24.0 Å². The summed E-state index contributed by atoms with van der Waals surface area (Å²) >= 11 is 1.03. The Morgan fingerprint density at radius 2 is 0.907 bits per heavy atom. The molecule has 0 bridgehead atoms. The zero-order valence-electron chi connectivity index (χ0n) is 30.0. The minimum absolute atomic E-state index is 0.0752. The van der Waals surface area contributed by atoms with Crippen LogP contribution in [0.4, 0.5) is 0 Å². The van der Waals surface area contributed by atoms with Gasteiger partial charge >= 0.3 is 23.9 Å². The molecule has 4 atom stereocenters. The number of nitrogens with zero attached hydrogens (tertiary/aromatic N) is 8. The lowest BCUT2D eigenvalue weighted by Gasteiger charge is -2.10. The summed E-state index contributed by atoms with van der Waals surface area (Å²) in [5, 5.41) is 37.2.